The van der Waals surface area contributed by atoms with Crippen molar-refractivity contribution in [1.29, 1.82) is 0 Å². The first kappa shape index (κ1) is 19.9. The molecule has 5 nitrogen and oxygen atoms in total. The molecule has 0 aromatic heterocycles. The number of ether oxygens (including phenoxy) is 2. The molecule has 1 aliphatic heterocycles. The molecule has 0 saturated carbocycles. The highest BCUT2D eigenvalue weighted by molar-refractivity contribution is 6.04. The van der Waals surface area contributed by atoms with Crippen LogP contribution < -0.4 is 10.1 Å². The summed E-state index contributed by atoms with van der Waals surface area (Å²) in [7, 11) is 1.61. The Morgan fingerprint density at radius 3 is 2.57 bits per heavy atom. The van der Waals surface area contributed by atoms with E-state index in [0.29, 0.717) is 17.6 Å². The molecule has 0 bridgehead atoms. The molecule has 0 fully saturated rings. The predicted molar refractivity (Wildman–Crippen MR) is 108 cm³/mol. The molecule has 0 radical (unpaired) electrons. The number of carbonyl (C=O) groups excluding carboxylic acids is 2. The zero-order valence-corrected chi connectivity index (χ0v) is 16.9. The summed E-state index contributed by atoms with van der Waals surface area (Å²) in [6.07, 6.45) is 2.74. The first-order valence-electron chi connectivity index (χ1n) is 9.43. The summed E-state index contributed by atoms with van der Waals surface area (Å²) in [4.78, 5) is 26.0. The van der Waals surface area contributed by atoms with Crippen LogP contribution in [0.15, 0.2) is 59.5 Å². The summed E-state index contributed by atoms with van der Waals surface area (Å²) in [5.41, 5.74) is 3.51. The van der Waals surface area contributed by atoms with Gasteiger partial charge in [0.25, 0.3) is 0 Å². The molecule has 1 heterocycles. The number of carbonyl (C=O) groups is 2. The Bertz CT molecular complexity index is 874. The SMILES string of the molecule is C=CCOC(=O)C1=C(C)NC2=C(C(=O)CC(C)(C)C2)C1c1ccc(OC)cc1. The largest absolute Gasteiger partial charge is 0.497 e. The molecular weight excluding hydrogens is 354 g/mol. The second-order valence-electron chi connectivity index (χ2n) is 8.09. The highest BCUT2D eigenvalue weighted by atomic mass is 16.5. The number of hydrogen-bond acceptors (Lipinski definition) is 5. The van der Waals surface area contributed by atoms with Gasteiger partial charge in [0.05, 0.1) is 12.7 Å². The Balaban J connectivity index is 2.13. The number of Topliss-reactive ketones (excluding diaryl/α,β-unsaturated/α-hetero) is 1. The maximum atomic E-state index is 13.1. The quantitative estimate of drug-likeness (QED) is 0.616. The standard InChI is InChI=1S/C23H27NO4/c1-6-11-28-22(26)19-14(2)24-17-12-23(3,4)13-18(25)21(17)20(19)15-7-9-16(27-5)10-8-15/h6-10,20,24H,1,11-13H2,2-5H3. The van der Waals surface area contributed by atoms with Crippen LogP contribution in [0.4, 0.5) is 0 Å². The maximum absolute atomic E-state index is 13.1. The lowest BCUT2D eigenvalue weighted by atomic mass is 9.68. The lowest BCUT2D eigenvalue weighted by molar-refractivity contribution is -0.138. The van der Waals surface area contributed by atoms with Gasteiger partial charge < -0.3 is 14.8 Å². The van der Waals surface area contributed by atoms with Crippen molar-refractivity contribution >= 4 is 11.8 Å². The summed E-state index contributed by atoms with van der Waals surface area (Å²) in [5, 5.41) is 3.32. The van der Waals surface area contributed by atoms with E-state index < -0.39 is 11.9 Å². The average molecular weight is 381 g/mol. The Kier molecular flexibility index (Phi) is 5.45. The van der Waals surface area contributed by atoms with E-state index in [1.54, 1.807) is 7.11 Å². The van der Waals surface area contributed by atoms with E-state index in [1.807, 2.05) is 31.2 Å². The van der Waals surface area contributed by atoms with E-state index in [-0.39, 0.29) is 17.8 Å². The van der Waals surface area contributed by atoms with Gasteiger partial charge in [0.2, 0.25) is 0 Å². The van der Waals surface area contributed by atoms with Crippen LogP contribution in [-0.4, -0.2) is 25.5 Å². The van der Waals surface area contributed by atoms with Crippen molar-refractivity contribution < 1.29 is 19.1 Å². The fraction of sp³-hybridized carbons (Fsp3) is 0.391. The van der Waals surface area contributed by atoms with Crippen molar-refractivity contribution in [3.63, 3.8) is 0 Å². The van der Waals surface area contributed by atoms with Crippen LogP contribution in [0, 0.1) is 5.41 Å². The Morgan fingerprint density at radius 2 is 1.96 bits per heavy atom. The summed E-state index contributed by atoms with van der Waals surface area (Å²) in [6, 6.07) is 7.49. The molecule has 148 valence electrons. The zero-order valence-electron chi connectivity index (χ0n) is 16.9. The third-order valence-electron chi connectivity index (χ3n) is 5.24. The van der Waals surface area contributed by atoms with Crippen LogP contribution in [0.3, 0.4) is 0 Å². The van der Waals surface area contributed by atoms with Crippen LogP contribution in [0.25, 0.3) is 0 Å². The Hall–Kier alpha value is -2.82. The molecule has 28 heavy (non-hydrogen) atoms. The Morgan fingerprint density at radius 1 is 1.29 bits per heavy atom. The molecule has 0 amide bonds. The minimum atomic E-state index is -0.455. The molecule has 1 aliphatic carbocycles. The number of ketones is 1. The molecule has 1 aromatic carbocycles. The van der Waals surface area contributed by atoms with E-state index in [9.17, 15) is 9.59 Å². The number of hydrogen-bond donors (Lipinski definition) is 1. The fourth-order valence-corrected chi connectivity index (χ4v) is 4.05. The molecule has 3 rings (SSSR count). The van der Waals surface area contributed by atoms with Crippen LogP contribution >= 0.6 is 0 Å². The van der Waals surface area contributed by atoms with Gasteiger partial charge in [0.1, 0.15) is 12.4 Å². The summed E-state index contributed by atoms with van der Waals surface area (Å²) >= 11 is 0. The monoisotopic (exact) mass is 381 g/mol. The number of esters is 1. The number of allylic oxidation sites excluding steroid dienone is 3. The van der Waals surface area contributed by atoms with Gasteiger partial charge >= 0.3 is 5.97 Å². The van der Waals surface area contributed by atoms with Gasteiger partial charge in [0, 0.05) is 29.3 Å². The normalized spacial score (nSPS) is 21.0. The van der Waals surface area contributed by atoms with Gasteiger partial charge in [-0.2, -0.15) is 0 Å². The molecule has 2 aliphatic rings. The van der Waals surface area contributed by atoms with Gasteiger partial charge in [0.15, 0.2) is 5.78 Å². The fourth-order valence-electron chi connectivity index (χ4n) is 4.05. The smallest absolute Gasteiger partial charge is 0.337 e. The van der Waals surface area contributed by atoms with Gasteiger partial charge in [-0.1, -0.05) is 38.6 Å². The number of rotatable bonds is 5. The highest BCUT2D eigenvalue weighted by Gasteiger charge is 2.43. The van der Waals surface area contributed by atoms with E-state index >= 15 is 0 Å². The van der Waals surface area contributed by atoms with Crippen molar-refractivity contribution in [1.82, 2.24) is 5.32 Å². The van der Waals surface area contributed by atoms with Crippen LogP contribution in [-0.2, 0) is 14.3 Å². The molecule has 1 unspecified atom stereocenters. The second kappa shape index (κ2) is 7.66. The average Bonchev–Trinajstić information content (AvgIpc) is 2.64. The third kappa shape index (κ3) is 3.75. The molecule has 1 atom stereocenters. The minimum absolute atomic E-state index is 0.0705. The van der Waals surface area contributed by atoms with Crippen LogP contribution in [0.2, 0.25) is 0 Å². The highest BCUT2D eigenvalue weighted by Crippen LogP contribution is 2.46. The lowest BCUT2D eigenvalue weighted by Gasteiger charge is -2.39. The second-order valence-corrected chi connectivity index (χ2v) is 8.09. The van der Waals surface area contributed by atoms with Gasteiger partial charge in [-0.05, 0) is 36.5 Å². The van der Waals surface area contributed by atoms with Gasteiger partial charge in [-0.3, -0.25) is 4.79 Å². The minimum Gasteiger partial charge on any atom is -0.497 e. The third-order valence-corrected chi connectivity index (χ3v) is 5.24. The van der Waals surface area contributed by atoms with Crippen molar-refractivity contribution in [3.8, 4) is 5.75 Å². The van der Waals surface area contributed by atoms with E-state index in [0.717, 1.165) is 29.1 Å². The van der Waals surface area contributed by atoms with Gasteiger partial charge in [-0.15, -0.1) is 0 Å². The lowest BCUT2D eigenvalue weighted by Crippen LogP contribution is -2.38. The number of dihydropyridines is 1. The number of benzene rings is 1. The molecule has 0 saturated heterocycles. The van der Waals surface area contributed by atoms with E-state index in [1.165, 1.54) is 6.08 Å². The van der Waals surface area contributed by atoms with Crippen molar-refractivity contribution in [2.75, 3.05) is 13.7 Å². The first-order chi connectivity index (χ1) is 13.3. The molecule has 5 heteroatoms. The van der Waals surface area contributed by atoms with Crippen molar-refractivity contribution in [2.24, 2.45) is 5.41 Å². The maximum Gasteiger partial charge on any atom is 0.337 e. The van der Waals surface area contributed by atoms with Crippen LogP contribution in [0.5, 0.6) is 5.75 Å². The zero-order chi connectivity index (χ0) is 20.5. The number of methoxy groups -OCH3 is 1. The molecule has 1 aromatic rings. The topological polar surface area (TPSA) is 64.6 Å². The summed E-state index contributed by atoms with van der Waals surface area (Å²) < 4.78 is 10.6. The summed E-state index contributed by atoms with van der Waals surface area (Å²) in [5.74, 6) is -0.0986. The van der Waals surface area contributed by atoms with Crippen LogP contribution in [0.1, 0.15) is 45.1 Å². The van der Waals surface area contributed by atoms with Crippen molar-refractivity contribution in [3.05, 3.63) is 65.0 Å². The predicted octanol–water partition coefficient (Wildman–Crippen LogP) is 4.03. The number of nitrogens with one attached hydrogen (secondary N) is 1. The summed E-state index contributed by atoms with van der Waals surface area (Å²) in [6.45, 7) is 9.76. The first-order valence-corrected chi connectivity index (χ1v) is 9.43. The van der Waals surface area contributed by atoms with Crippen molar-refractivity contribution in [2.45, 2.75) is 39.5 Å². The van der Waals surface area contributed by atoms with E-state index in [4.69, 9.17) is 9.47 Å². The molecule has 0 spiro atoms. The Labute approximate surface area is 166 Å². The molecule has 1 N–H and O–H groups in total. The van der Waals surface area contributed by atoms with E-state index in [2.05, 4.69) is 25.7 Å². The molecular formula is C23H27NO4. The van der Waals surface area contributed by atoms with Gasteiger partial charge in [-0.25, -0.2) is 4.79 Å².